The number of nitrogens with one attached hydrogen (secondary N) is 1. The Morgan fingerprint density at radius 1 is 1.03 bits per heavy atom. The number of anilines is 1. The molecular formula is C24H26N4O3S. The Kier molecular flexibility index (Phi) is 6.58. The van der Waals surface area contributed by atoms with Crippen molar-refractivity contribution in [3.05, 3.63) is 65.9 Å². The molecule has 8 heteroatoms. The Labute approximate surface area is 188 Å². The maximum absolute atomic E-state index is 13.0. The van der Waals surface area contributed by atoms with Crippen molar-refractivity contribution in [3.63, 3.8) is 0 Å². The predicted molar refractivity (Wildman–Crippen MR) is 122 cm³/mol. The molecule has 166 valence electrons. The van der Waals surface area contributed by atoms with E-state index in [4.69, 9.17) is 4.42 Å². The van der Waals surface area contributed by atoms with Crippen molar-refractivity contribution in [1.82, 2.24) is 9.29 Å². The normalized spacial score (nSPS) is 16.1. The third-order valence-electron chi connectivity index (χ3n) is 5.68. The third-order valence-corrected chi connectivity index (χ3v) is 7.60. The fraction of sp³-hybridized carbons (Fsp3) is 0.333. The van der Waals surface area contributed by atoms with Crippen molar-refractivity contribution in [2.24, 2.45) is 0 Å². The Bertz CT molecular complexity index is 1190. The minimum atomic E-state index is -3.52. The van der Waals surface area contributed by atoms with Gasteiger partial charge in [0.15, 0.2) is 0 Å². The highest BCUT2D eigenvalue weighted by atomic mass is 32.2. The van der Waals surface area contributed by atoms with Gasteiger partial charge in [-0.2, -0.15) is 14.6 Å². The quantitative estimate of drug-likeness (QED) is 0.570. The molecule has 0 aliphatic carbocycles. The smallest absolute Gasteiger partial charge is 0.243 e. The molecule has 3 aromatic rings. The summed E-state index contributed by atoms with van der Waals surface area (Å²) in [5.41, 5.74) is 1.82. The highest BCUT2D eigenvalue weighted by Gasteiger charge is 2.25. The Morgan fingerprint density at radius 3 is 2.31 bits per heavy atom. The van der Waals surface area contributed by atoms with Crippen molar-refractivity contribution in [2.45, 2.75) is 43.5 Å². The second-order valence-corrected chi connectivity index (χ2v) is 9.87. The van der Waals surface area contributed by atoms with Gasteiger partial charge in [0.2, 0.25) is 27.5 Å². The summed E-state index contributed by atoms with van der Waals surface area (Å²) >= 11 is 0. The monoisotopic (exact) mass is 450 g/mol. The molecule has 0 amide bonds. The molecule has 0 bridgehead atoms. The first-order valence-electron chi connectivity index (χ1n) is 10.8. The summed E-state index contributed by atoms with van der Waals surface area (Å²) in [5.74, 6) is 0.558. The summed E-state index contributed by atoms with van der Waals surface area (Å²) in [5, 5.41) is 12.7. The molecule has 1 atom stereocenters. The molecule has 32 heavy (non-hydrogen) atoms. The summed E-state index contributed by atoms with van der Waals surface area (Å²) in [6, 6.07) is 18.3. The van der Waals surface area contributed by atoms with E-state index in [1.165, 1.54) is 0 Å². The molecule has 7 nitrogen and oxygen atoms in total. The molecule has 4 rings (SSSR count). The van der Waals surface area contributed by atoms with Gasteiger partial charge in [-0.05, 0) is 49.6 Å². The van der Waals surface area contributed by atoms with E-state index in [0.29, 0.717) is 24.5 Å². The number of hydrogen-bond acceptors (Lipinski definition) is 6. The van der Waals surface area contributed by atoms with Crippen molar-refractivity contribution in [1.29, 1.82) is 5.26 Å². The van der Waals surface area contributed by atoms with E-state index in [0.717, 1.165) is 31.2 Å². The molecule has 1 saturated heterocycles. The van der Waals surface area contributed by atoms with Crippen LogP contribution in [0.1, 0.15) is 49.9 Å². The zero-order valence-corrected chi connectivity index (χ0v) is 18.8. The summed E-state index contributed by atoms with van der Waals surface area (Å²) in [6.07, 6.45) is 3.91. The van der Waals surface area contributed by atoms with Gasteiger partial charge in [-0.25, -0.2) is 8.42 Å². The van der Waals surface area contributed by atoms with Gasteiger partial charge in [-0.1, -0.05) is 43.2 Å². The molecular weight excluding hydrogens is 424 g/mol. The van der Waals surface area contributed by atoms with Crippen LogP contribution in [0.15, 0.2) is 63.9 Å². The average molecular weight is 451 g/mol. The molecule has 2 heterocycles. The van der Waals surface area contributed by atoms with E-state index >= 15 is 0 Å². The highest BCUT2D eigenvalue weighted by molar-refractivity contribution is 7.89. The number of oxazole rings is 1. The lowest BCUT2D eigenvalue weighted by molar-refractivity contribution is 0.423. The van der Waals surface area contributed by atoms with Gasteiger partial charge in [0.1, 0.15) is 6.07 Å². The third kappa shape index (κ3) is 4.69. The SMILES string of the molecule is C[C@@H](Nc1oc(-c2ccc(S(=O)(=O)N3CCCCCC3)cc2)nc1C#N)c1ccccc1. The second-order valence-electron chi connectivity index (χ2n) is 7.93. The van der Waals surface area contributed by atoms with Gasteiger partial charge >= 0.3 is 0 Å². The first kappa shape index (κ1) is 22.1. The topological polar surface area (TPSA) is 99.2 Å². The van der Waals surface area contributed by atoms with Crippen molar-refractivity contribution >= 4 is 15.9 Å². The first-order valence-corrected chi connectivity index (χ1v) is 12.3. The lowest BCUT2D eigenvalue weighted by Crippen LogP contribution is -2.31. The molecule has 1 aromatic heterocycles. The Balaban J connectivity index is 1.55. The van der Waals surface area contributed by atoms with Gasteiger partial charge in [0.05, 0.1) is 10.9 Å². The first-order chi connectivity index (χ1) is 15.5. The number of hydrogen-bond donors (Lipinski definition) is 1. The van der Waals surface area contributed by atoms with Crippen LogP contribution in [-0.4, -0.2) is 30.8 Å². The van der Waals surface area contributed by atoms with E-state index in [-0.39, 0.29) is 22.5 Å². The summed E-state index contributed by atoms with van der Waals surface area (Å²) < 4.78 is 33.4. The van der Waals surface area contributed by atoms with E-state index in [2.05, 4.69) is 16.4 Å². The van der Waals surface area contributed by atoms with Crippen LogP contribution in [0.25, 0.3) is 11.5 Å². The van der Waals surface area contributed by atoms with Crippen molar-refractivity contribution < 1.29 is 12.8 Å². The fourth-order valence-electron chi connectivity index (χ4n) is 3.84. The summed E-state index contributed by atoms with van der Waals surface area (Å²) in [7, 11) is -3.52. The maximum atomic E-state index is 13.0. The number of nitrogens with zero attached hydrogens (tertiary/aromatic N) is 3. The zero-order valence-electron chi connectivity index (χ0n) is 18.0. The molecule has 0 spiro atoms. The maximum Gasteiger partial charge on any atom is 0.243 e. The molecule has 1 aliphatic rings. The van der Waals surface area contributed by atoms with Crippen LogP contribution < -0.4 is 5.32 Å². The largest absolute Gasteiger partial charge is 0.419 e. The summed E-state index contributed by atoms with van der Waals surface area (Å²) in [6.45, 7) is 3.09. The van der Waals surface area contributed by atoms with Gasteiger partial charge in [0, 0.05) is 18.7 Å². The lowest BCUT2D eigenvalue weighted by Gasteiger charge is -2.19. The summed E-state index contributed by atoms with van der Waals surface area (Å²) in [4.78, 5) is 4.55. The Hall–Kier alpha value is -3.15. The molecule has 2 aromatic carbocycles. The van der Waals surface area contributed by atoms with Crippen LogP contribution in [0.5, 0.6) is 0 Å². The van der Waals surface area contributed by atoms with E-state index in [9.17, 15) is 13.7 Å². The molecule has 1 aliphatic heterocycles. The lowest BCUT2D eigenvalue weighted by atomic mass is 10.1. The van der Waals surface area contributed by atoms with Crippen LogP contribution in [0.3, 0.4) is 0 Å². The fourth-order valence-corrected chi connectivity index (χ4v) is 5.36. The molecule has 0 unspecified atom stereocenters. The van der Waals surface area contributed by atoms with E-state index in [1.807, 2.05) is 37.3 Å². The number of benzene rings is 2. The van der Waals surface area contributed by atoms with E-state index in [1.54, 1.807) is 28.6 Å². The van der Waals surface area contributed by atoms with Gasteiger partial charge in [-0.3, -0.25) is 0 Å². The van der Waals surface area contributed by atoms with Gasteiger partial charge in [0.25, 0.3) is 0 Å². The van der Waals surface area contributed by atoms with Crippen molar-refractivity contribution in [3.8, 4) is 17.5 Å². The van der Waals surface area contributed by atoms with Gasteiger partial charge < -0.3 is 9.73 Å². The molecule has 1 fully saturated rings. The highest BCUT2D eigenvalue weighted by Crippen LogP contribution is 2.29. The number of nitriles is 1. The standard InChI is InChI=1S/C24H26N4O3S/c1-18(19-9-5-4-6-10-19)26-24-22(17-25)27-23(31-24)20-11-13-21(14-12-20)32(29,30)28-15-7-2-3-8-16-28/h4-6,9-14,18,26H,2-3,7-8,15-16H2,1H3/t18-/m1/s1. The van der Waals surface area contributed by atoms with Gasteiger partial charge in [-0.15, -0.1) is 0 Å². The van der Waals surface area contributed by atoms with Crippen LogP contribution in [0, 0.1) is 11.3 Å². The van der Waals surface area contributed by atoms with Crippen molar-refractivity contribution in [2.75, 3.05) is 18.4 Å². The van der Waals surface area contributed by atoms with Crippen LogP contribution >= 0.6 is 0 Å². The zero-order chi connectivity index (χ0) is 22.6. The molecule has 0 saturated carbocycles. The number of sulfonamides is 1. The second kappa shape index (κ2) is 9.55. The predicted octanol–water partition coefficient (Wildman–Crippen LogP) is 4.95. The number of rotatable bonds is 6. The molecule has 0 radical (unpaired) electrons. The van der Waals surface area contributed by atoms with E-state index < -0.39 is 10.0 Å². The molecule has 1 N–H and O–H groups in total. The minimum Gasteiger partial charge on any atom is -0.419 e. The average Bonchev–Trinajstić information content (AvgIpc) is 3.02. The van der Waals surface area contributed by atoms with Crippen LogP contribution in [0.2, 0.25) is 0 Å². The van der Waals surface area contributed by atoms with Crippen LogP contribution in [0.4, 0.5) is 5.88 Å². The Morgan fingerprint density at radius 2 is 1.69 bits per heavy atom. The van der Waals surface area contributed by atoms with Crippen LogP contribution in [-0.2, 0) is 10.0 Å². The number of aromatic nitrogens is 1. The minimum absolute atomic E-state index is 0.0785.